The SMILES string of the molecule is C=CC(=O)N1CC(NC(=O)Nc2ccc3sc(C#N)nc3c2)c2ccccc21. The standard InChI is InChI=1S/C20H15N5O2S/c1-2-19(26)25-11-15(13-5-3-4-6-16(13)25)24-20(27)22-12-7-8-17-14(9-12)23-18(10-21)28-17/h2-9,15H,1,11H2,(H2,22,24,27). The van der Waals surface area contributed by atoms with Crippen LogP contribution in [0.2, 0.25) is 0 Å². The number of hydrogen-bond donors (Lipinski definition) is 2. The maximum Gasteiger partial charge on any atom is 0.319 e. The quantitative estimate of drug-likeness (QED) is 0.669. The summed E-state index contributed by atoms with van der Waals surface area (Å²) in [6.07, 6.45) is 1.26. The van der Waals surface area contributed by atoms with Crippen molar-refractivity contribution < 1.29 is 9.59 Å². The van der Waals surface area contributed by atoms with E-state index in [1.165, 1.54) is 17.4 Å². The van der Waals surface area contributed by atoms with Gasteiger partial charge >= 0.3 is 6.03 Å². The Kier molecular flexibility index (Phi) is 4.51. The zero-order chi connectivity index (χ0) is 19.7. The van der Waals surface area contributed by atoms with Crippen LogP contribution < -0.4 is 15.5 Å². The number of para-hydroxylation sites is 1. The fourth-order valence-corrected chi connectivity index (χ4v) is 3.97. The predicted molar refractivity (Wildman–Crippen MR) is 108 cm³/mol. The molecule has 2 N–H and O–H groups in total. The largest absolute Gasteiger partial charge is 0.329 e. The van der Waals surface area contributed by atoms with Gasteiger partial charge in [-0.2, -0.15) is 5.26 Å². The molecule has 0 fully saturated rings. The molecular formula is C20H15N5O2S. The average Bonchev–Trinajstić information content (AvgIpc) is 3.28. The first-order valence-corrected chi connectivity index (χ1v) is 9.32. The molecule has 1 aromatic heterocycles. The average molecular weight is 389 g/mol. The Labute approximate surface area is 164 Å². The second-order valence-corrected chi connectivity index (χ2v) is 7.21. The van der Waals surface area contributed by atoms with E-state index >= 15 is 0 Å². The van der Waals surface area contributed by atoms with Crippen LogP contribution in [-0.2, 0) is 4.79 Å². The molecule has 0 spiro atoms. The van der Waals surface area contributed by atoms with Crippen LogP contribution >= 0.6 is 11.3 Å². The van der Waals surface area contributed by atoms with Crippen LogP contribution in [0.3, 0.4) is 0 Å². The Morgan fingerprint density at radius 2 is 2.14 bits per heavy atom. The number of benzene rings is 2. The smallest absolute Gasteiger partial charge is 0.319 e. The number of nitrogens with one attached hydrogen (secondary N) is 2. The Hall–Kier alpha value is -3.70. The predicted octanol–water partition coefficient (Wildman–Crippen LogP) is 3.56. The van der Waals surface area contributed by atoms with Crippen molar-refractivity contribution in [2.45, 2.75) is 6.04 Å². The highest BCUT2D eigenvalue weighted by atomic mass is 32.1. The molecule has 2 heterocycles. The summed E-state index contributed by atoms with van der Waals surface area (Å²) in [6, 6.07) is 14.1. The molecule has 0 aliphatic carbocycles. The monoisotopic (exact) mass is 389 g/mol. The minimum absolute atomic E-state index is 0.209. The minimum Gasteiger partial charge on any atom is -0.329 e. The number of rotatable bonds is 3. The van der Waals surface area contributed by atoms with E-state index in [9.17, 15) is 9.59 Å². The van der Waals surface area contributed by atoms with Crippen molar-refractivity contribution in [3.8, 4) is 6.07 Å². The van der Waals surface area contributed by atoms with Crippen LogP contribution in [-0.4, -0.2) is 23.5 Å². The molecule has 28 heavy (non-hydrogen) atoms. The van der Waals surface area contributed by atoms with E-state index in [1.807, 2.05) is 36.4 Å². The molecule has 138 valence electrons. The number of nitriles is 1. The fraction of sp³-hybridized carbons (Fsp3) is 0.100. The van der Waals surface area contributed by atoms with Crippen LogP contribution in [0, 0.1) is 11.3 Å². The molecule has 0 saturated heterocycles. The molecule has 0 bridgehead atoms. The normalized spacial score (nSPS) is 15.0. The van der Waals surface area contributed by atoms with Crippen molar-refractivity contribution in [2.24, 2.45) is 0 Å². The third-order valence-electron chi connectivity index (χ3n) is 4.46. The van der Waals surface area contributed by atoms with Crippen LogP contribution in [0.25, 0.3) is 10.2 Å². The van der Waals surface area contributed by atoms with Crippen molar-refractivity contribution >= 4 is 44.9 Å². The molecular weight excluding hydrogens is 374 g/mol. The second-order valence-electron chi connectivity index (χ2n) is 6.18. The van der Waals surface area contributed by atoms with E-state index in [2.05, 4.69) is 22.2 Å². The van der Waals surface area contributed by atoms with Gasteiger partial charge in [-0.15, -0.1) is 11.3 Å². The van der Waals surface area contributed by atoms with Crippen molar-refractivity contribution in [3.05, 3.63) is 65.7 Å². The van der Waals surface area contributed by atoms with Gasteiger partial charge in [-0.3, -0.25) is 4.79 Å². The number of nitrogens with zero attached hydrogens (tertiary/aromatic N) is 3. The summed E-state index contributed by atoms with van der Waals surface area (Å²) in [7, 11) is 0. The van der Waals surface area contributed by atoms with Crippen LogP contribution in [0.5, 0.6) is 0 Å². The first-order chi connectivity index (χ1) is 13.6. The fourth-order valence-electron chi connectivity index (χ4n) is 3.23. The van der Waals surface area contributed by atoms with Crippen LogP contribution in [0.15, 0.2) is 55.1 Å². The lowest BCUT2D eigenvalue weighted by Gasteiger charge is -2.16. The van der Waals surface area contributed by atoms with Crippen molar-refractivity contribution in [1.82, 2.24) is 10.3 Å². The molecule has 3 aromatic rings. The number of aromatic nitrogens is 1. The third kappa shape index (κ3) is 3.19. The Morgan fingerprint density at radius 3 is 2.93 bits per heavy atom. The molecule has 0 saturated carbocycles. The number of carbonyl (C=O) groups excluding carboxylic acids is 2. The molecule has 1 atom stereocenters. The summed E-state index contributed by atoms with van der Waals surface area (Å²) in [6.45, 7) is 3.88. The molecule has 7 nitrogen and oxygen atoms in total. The van der Waals surface area contributed by atoms with Gasteiger partial charge in [0.25, 0.3) is 0 Å². The zero-order valence-corrected chi connectivity index (χ0v) is 15.5. The summed E-state index contributed by atoms with van der Waals surface area (Å²) in [5.41, 5.74) is 2.88. The number of hydrogen-bond acceptors (Lipinski definition) is 5. The van der Waals surface area contributed by atoms with E-state index in [-0.39, 0.29) is 18.0 Å². The number of thiazole rings is 1. The first kappa shape index (κ1) is 17.7. The lowest BCUT2D eigenvalue weighted by Crippen LogP contribution is -2.36. The number of anilines is 2. The van der Waals surface area contributed by atoms with Gasteiger partial charge in [0.15, 0.2) is 5.01 Å². The zero-order valence-electron chi connectivity index (χ0n) is 14.7. The van der Waals surface area contributed by atoms with Gasteiger partial charge in [-0.25, -0.2) is 9.78 Å². The molecule has 2 aromatic carbocycles. The summed E-state index contributed by atoms with van der Waals surface area (Å²) < 4.78 is 0.880. The van der Waals surface area contributed by atoms with Crippen LogP contribution in [0.1, 0.15) is 16.6 Å². The van der Waals surface area contributed by atoms with Gasteiger partial charge in [0.05, 0.1) is 22.8 Å². The van der Waals surface area contributed by atoms with Gasteiger partial charge in [-0.05, 0) is 30.3 Å². The molecule has 8 heteroatoms. The summed E-state index contributed by atoms with van der Waals surface area (Å²) in [4.78, 5) is 30.4. The van der Waals surface area contributed by atoms with Gasteiger partial charge in [0, 0.05) is 16.9 Å². The topological polar surface area (TPSA) is 98.1 Å². The highest BCUT2D eigenvalue weighted by molar-refractivity contribution is 7.19. The number of urea groups is 1. The minimum atomic E-state index is -0.386. The van der Waals surface area contributed by atoms with Crippen molar-refractivity contribution in [2.75, 3.05) is 16.8 Å². The molecule has 1 aliphatic heterocycles. The molecule has 4 rings (SSSR count). The molecule has 3 amide bonds. The van der Waals surface area contributed by atoms with E-state index < -0.39 is 0 Å². The van der Waals surface area contributed by atoms with Crippen molar-refractivity contribution in [1.29, 1.82) is 5.26 Å². The lowest BCUT2D eigenvalue weighted by molar-refractivity contribution is -0.114. The van der Waals surface area contributed by atoms with Gasteiger partial charge < -0.3 is 15.5 Å². The lowest BCUT2D eigenvalue weighted by atomic mass is 10.1. The Morgan fingerprint density at radius 1 is 1.32 bits per heavy atom. The summed E-state index contributed by atoms with van der Waals surface area (Å²) in [5.74, 6) is -0.209. The van der Waals surface area contributed by atoms with E-state index in [1.54, 1.807) is 17.0 Å². The van der Waals surface area contributed by atoms with E-state index in [0.717, 1.165) is 16.0 Å². The highest BCUT2D eigenvalue weighted by Gasteiger charge is 2.32. The molecule has 1 unspecified atom stereocenters. The van der Waals surface area contributed by atoms with Crippen molar-refractivity contribution in [3.63, 3.8) is 0 Å². The Balaban J connectivity index is 1.50. The van der Waals surface area contributed by atoms with Crippen LogP contribution in [0.4, 0.5) is 16.2 Å². The maximum absolute atomic E-state index is 12.5. The number of carbonyl (C=O) groups is 2. The van der Waals surface area contributed by atoms with E-state index in [0.29, 0.717) is 22.8 Å². The number of amides is 3. The second kappa shape index (κ2) is 7.13. The Bertz CT molecular complexity index is 1150. The maximum atomic E-state index is 12.5. The van der Waals surface area contributed by atoms with Gasteiger partial charge in [-0.1, -0.05) is 24.8 Å². The highest BCUT2D eigenvalue weighted by Crippen LogP contribution is 2.34. The molecule has 1 aliphatic rings. The number of fused-ring (bicyclic) bond motifs is 2. The molecule has 0 radical (unpaired) electrons. The van der Waals surface area contributed by atoms with Gasteiger partial charge in [0.1, 0.15) is 6.07 Å². The first-order valence-electron chi connectivity index (χ1n) is 8.50. The summed E-state index contributed by atoms with van der Waals surface area (Å²) in [5, 5.41) is 15.0. The van der Waals surface area contributed by atoms with E-state index in [4.69, 9.17) is 5.26 Å². The summed E-state index contributed by atoms with van der Waals surface area (Å²) >= 11 is 1.30. The third-order valence-corrected chi connectivity index (χ3v) is 5.40. The van der Waals surface area contributed by atoms with Gasteiger partial charge in [0.2, 0.25) is 5.91 Å².